The summed E-state index contributed by atoms with van der Waals surface area (Å²) in [7, 11) is 1.69. The van der Waals surface area contributed by atoms with Gasteiger partial charge in [-0.2, -0.15) is 4.99 Å². The third-order valence-electron chi connectivity index (χ3n) is 4.28. The Morgan fingerprint density at radius 3 is 2.77 bits per heavy atom. The molecule has 1 amide bonds. The van der Waals surface area contributed by atoms with Gasteiger partial charge in [-0.3, -0.25) is 4.79 Å². The number of nitrogens with zero attached hydrogens (tertiary/aromatic N) is 2. The van der Waals surface area contributed by atoms with Gasteiger partial charge in [-0.15, -0.1) is 0 Å². The third-order valence-corrected chi connectivity index (χ3v) is 5.32. The zero-order valence-electron chi connectivity index (χ0n) is 15.3. The van der Waals surface area contributed by atoms with Crippen LogP contribution in [0.1, 0.15) is 24.0 Å². The van der Waals surface area contributed by atoms with Crippen LogP contribution in [0.25, 0.3) is 10.2 Å². The first-order valence-corrected chi connectivity index (χ1v) is 9.69. The molecule has 4 nitrogen and oxygen atoms in total. The maximum absolute atomic E-state index is 12.4. The fourth-order valence-electron chi connectivity index (χ4n) is 2.92. The minimum absolute atomic E-state index is 0.0598. The second kappa shape index (κ2) is 8.92. The number of carbonyl (C=O) groups is 1. The molecule has 1 heterocycles. The Morgan fingerprint density at radius 2 is 2.00 bits per heavy atom. The van der Waals surface area contributed by atoms with Gasteiger partial charge in [-0.1, -0.05) is 47.7 Å². The van der Waals surface area contributed by atoms with Gasteiger partial charge in [-0.25, -0.2) is 0 Å². The summed E-state index contributed by atoms with van der Waals surface area (Å²) in [5.41, 5.74) is 3.57. The smallest absolute Gasteiger partial charge is 0.248 e. The molecule has 3 aromatic rings. The first-order chi connectivity index (χ1) is 12.7. The van der Waals surface area contributed by atoms with Gasteiger partial charge < -0.3 is 9.30 Å². The monoisotopic (exact) mass is 368 g/mol. The van der Waals surface area contributed by atoms with Gasteiger partial charge in [0.05, 0.1) is 16.8 Å². The second-order valence-corrected chi connectivity index (χ2v) is 7.35. The van der Waals surface area contributed by atoms with Crippen molar-refractivity contribution in [2.75, 3.05) is 13.7 Å². The summed E-state index contributed by atoms with van der Waals surface area (Å²) in [6, 6.07) is 16.6. The molecule has 0 radical (unpaired) electrons. The molecule has 0 aliphatic rings. The number of rotatable bonds is 7. The Bertz CT molecular complexity index is 942. The molecule has 0 aliphatic heterocycles. The lowest BCUT2D eigenvalue weighted by atomic mass is 10.1. The van der Waals surface area contributed by atoms with E-state index in [-0.39, 0.29) is 5.91 Å². The van der Waals surface area contributed by atoms with Crippen molar-refractivity contribution >= 4 is 27.5 Å². The van der Waals surface area contributed by atoms with E-state index in [1.54, 1.807) is 18.4 Å². The molecule has 1 aromatic heterocycles. The number of ether oxygens (including phenoxy) is 1. The number of hydrogen-bond acceptors (Lipinski definition) is 3. The molecular weight excluding hydrogens is 344 g/mol. The summed E-state index contributed by atoms with van der Waals surface area (Å²) in [4.78, 5) is 17.5. The highest BCUT2D eigenvalue weighted by Crippen LogP contribution is 2.19. The number of fused-ring (bicyclic) bond motifs is 1. The van der Waals surface area contributed by atoms with Crippen LogP contribution >= 0.6 is 11.3 Å². The molecule has 0 unspecified atom stereocenters. The zero-order valence-corrected chi connectivity index (χ0v) is 16.1. The van der Waals surface area contributed by atoms with Gasteiger partial charge in [0.1, 0.15) is 0 Å². The first kappa shape index (κ1) is 18.5. The van der Waals surface area contributed by atoms with Crippen molar-refractivity contribution in [2.45, 2.75) is 32.7 Å². The number of carbonyl (C=O) groups excluding carboxylic acids is 1. The number of thiazole rings is 1. The Balaban J connectivity index is 1.77. The van der Waals surface area contributed by atoms with Crippen molar-refractivity contribution in [3.8, 4) is 0 Å². The van der Waals surface area contributed by atoms with E-state index in [9.17, 15) is 4.79 Å². The van der Waals surface area contributed by atoms with E-state index in [2.05, 4.69) is 46.8 Å². The van der Waals surface area contributed by atoms with Crippen LogP contribution in [-0.2, 0) is 22.5 Å². The van der Waals surface area contributed by atoms with Gasteiger partial charge >= 0.3 is 0 Å². The normalized spacial score (nSPS) is 12.0. The molecule has 2 aromatic carbocycles. The van der Waals surface area contributed by atoms with Crippen molar-refractivity contribution in [3.05, 3.63) is 64.5 Å². The summed E-state index contributed by atoms with van der Waals surface area (Å²) >= 11 is 1.57. The molecule has 5 heteroatoms. The van der Waals surface area contributed by atoms with Crippen LogP contribution in [0, 0.1) is 6.92 Å². The fourth-order valence-corrected chi connectivity index (χ4v) is 4.09. The van der Waals surface area contributed by atoms with E-state index in [4.69, 9.17) is 4.74 Å². The predicted molar refractivity (Wildman–Crippen MR) is 106 cm³/mol. The number of benzene rings is 2. The largest absolute Gasteiger partial charge is 0.383 e. The van der Waals surface area contributed by atoms with Crippen molar-refractivity contribution in [2.24, 2.45) is 4.99 Å². The van der Waals surface area contributed by atoms with Crippen LogP contribution in [0.2, 0.25) is 0 Å². The van der Waals surface area contributed by atoms with Gasteiger partial charge in [-0.05, 0) is 43.0 Å². The molecule has 0 aliphatic carbocycles. The highest BCUT2D eigenvalue weighted by atomic mass is 32.1. The van der Waals surface area contributed by atoms with E-state index in [1.165, 1.54) is 11.1 Å². The van der Waals surface area contributed by atoms with Crippen molar-refractivity contribution in [3.63, 3.8) is 0 Å². The topological polar surface area (TPSA) is 43.6 Å². The second-order valence-electron chi connectivity index (χ2n) is 6.34. The van der Waals surface area contributed by atoms with E-state index in [1.807, 2.05) is 18.2 Å². The predicted octanol–water partition coefficient (Wildman–Crippen LogP) is 4.11. The lowest BCUT2D eigenvalue weighted by Gasteiger charge is -2.04. The van der Waals surface area contributed by atoms with Gasteiger partial charge in [0.15, 0.2) is 4.80 Å². The molecule has 26 heavy (non-hydrogen) atoms. The zero-order chi connectivity index (χ0) is 18.4. The standard InChI is InChI=1S/C21H24N2O2S/c1-16-11-12-18-19(15-16)26-21(23(18)13-14-25-2)22-20(24)10-6-9-17-7-4-3-5-8-17/h3-5,7-8,11-12,15H,6,9-10,13-14H2,1-2H3. The molecule has 0 spiro atoms. The molecule has 0 saturated heterocycles. The van der Waals surface area contributed by atoms with Crippen molar-refractivity contribution in [1.82, 2.24) is 4.57 Å². The van der Waals surface area contributed by atoms with Crippen LogP contribution in [0.15, 0.2) is 53.5 Å². The molecule has 0 fully saturated rings. The van der Waals surface area contributed by atoms with Crippen molar-refractivity contribution in [1.29, 1.82) is 0 Å². The van der Waals surface area contributed by atoms with Gasteiger partial charge in [0.2, 0.25) is 5.91 Å². The summed E-state index contributed by atoms with van der Waals surface area (Å²) in [6.45, 7) is 3.36. The molecule has 3 rings (SSSR count). The Kier molecular flexibility index (Phi) is 6.36. The maximum Gasteiger partial charge on any atom is 0.248 e. The minimum atomic E-state index is -0.0598. The van der Waals surface area contributed by atoms with E-state index >= 15 is 0 Å². The molecule has 0 N–H and O–H groups in total. The lowest BCUT2D eigenvalue weighted by Crippen LogP contribution is -2.19. The highest BCUT2D eigenvalue weighted by molar-refractivity contribution is 7.16. The van der Waals surface area contributed by atoms with Crippen LogP contribution in [0.4, 0.5) is 0 Å². The van der Waals surface area contributed by atoms with E-state index < -0.39 is 0 Å². The number of aryl methyl sites for hydroxylation is 2. The third kappa shape index (κ3) is 4.68. The average Bonchev–Trinajstić information content (AvgIpc) is 2.96. The van der Waals surface area contributed by atoms with E-state index in [0.717, 1.165) is 27.9 Å². The van der Waals surface area contributed by atoms with E-state index in [0.29, 0.717) is 19.6 Å². The van der Waals surface area contributed by atoms with Crippen LogP contribution < -0.4 is 4.80 Å². The van der Waals surface area contributed by atoms with Crippen LogP contribution in [0.5, 0.6) is 0 Å². The molecule has 0 bridgehead atoms. The van der Waals surface area contributed by atoms with Crippen molar-refractivity contribution < 1.29 is 9.53 Å². The maximum atomic E-state index is 12.4. The molecule has 0 atom stereocenters. The number of methoxy groups -OCH3 is 1. The van der Waals surface area contributed by atoms with Crippen LogP contribution in [0.3, 0.4) is 0 Å². The summed E-state index contributed by atoms with van der Waals surface area (Å²) in [5.74, 6) is -0.0598. The Labute approximate surface area is 157 Å². The fraction of sp³-hybridized carbons (Fsp3) is 0.333. The summed E-state index contributed by atoms with van der Waals surface area (Å²) in [5, 5.41) is 0. The minimum Gasteiger partial charge on any atom is -0.383 e. The van der Waals surface area contributed by atoms with Gasteiger partial charge in [0.25, 0.3) is 0 Å². The SMILES string of the molecule is COCCn1c(=NC(=O)CCCc2ccccc2)sc2cc(C)ccc21. The van der Waals surface area contributed by atoms with Gasteiger partial charge in [0, 0.05) is 20.1 Å². The summed E-state index contributed by atoms with van der Waals surface area (Å²) in [6.07, 6.45) is 2.18. The number of aromatic nitrogens is 1. The molecule has 0 saturated carbocycles. The van der Waals surface area contributed by atoms with Crippen LogP contribution in [-0.4, -0.2) is 24.2 Å². The number of hydrogen-bond donors (Lipinski definition) is 0. The summed E-state index contributed by atoms with van der Waals surface area (Å²) < 4.78 is 8.45. The molecular formula is C21H24N2O2S. The molecule has 136 valence electrons. The Morgan fingerprint density at radius 1 is 1.19 bits per heavy atom. The lowest BCUT2D eigenvalue weighted by molar-refractivity contribution is -0.118. The number of amides is 1. The Hall–Kier alpha value is -2.24. The average molecular weight is 369 g/mol. The first-order valence-electron chi connectivity index (χ1n) is 8.88. The highest BCUT2D eigenvalue weighted by Gasteiger charge is 2.08. The quantitative estimate of drug-likeness (QED) is 0.630.